The number of sulfone groups is 1. The van der Waals surface area contributed by atoms with Crippen LogP contribution in [0.5, 0.6) is 0 Å². The van der Waals surface area contributed by atoms with E-state index in [9.17, 15) is 8.42 Å². The van der Waals surface area contributed by atoms with Crippen LogP contribution in [0.15, 0.2) is 65.9 Å². The molecule has 2 aromatic heterocycles. The normalized spacial score (nSPS) is 11.8. The summed E-state index contributed by atoms with van der Waals surface area (Å²) >= 11 is 3.30. The first-order valence-corrected chi connectivity index (χ1v) is 9.95. The molecule has 1 aromatic carbocycles. The third-order valence-electron chi connectivity index (χ3n) is 3.38. The molecule has 3 aromatic rings. The summed E-state index contributed by atoms with van der Waals surface area (Å²) in [6, 6.07) is 9.72. The number of halogens is 1. The van der Waals surface area contributed by atoms with Gasteiger partial charge in [-0.3, -0.25) is 0 Å². The summed E-state index contributed by atoms with van der Waals surface area (Å²) in [5, 5.41) is 2.87. The molecule has 0 spiro atoms. The van der Waals surface area contributed by atoms with E-state index in [0.717, 1.165) is 4.47 Å². The predicted octanol–water partition coefficient (Wildman–Crippen LogP) is 4.60. The van der Waals surface area contributed by atoms with Gasteiger partial charge >= 0.3 is 0 Å². The van der Waals surface area contributed by atoms with Crippen molar-refractivity contribution in [3.63, 3.8) is 0 Å². The highest BCUT2D eigenvalue weighted by atomic mass is 79.9. The molecular formula is C17H17BrN2O4S. The number of rotatable bonds is 6. The van der Waals surface area contributed by atoms with Crippen molar-refractivity contribution >= 4 is 31.7 Å². The van der Waals surface area contributed by atoms with Crippen LogP contribution in [0.25, 0.3) is 11.7 Å². The molecule has 0 atom stereocenters. The van der Waals surface area contributed by atoms with Gasteiger partial charge in [-0.15, -0.1) is 0 Å². The number of hydrogen-bond donors (Lipinski definition) is 1. The highest BCUT2D eigenvalue weighted by Crippen LogP contribution is 2.33. The lowest BCUT2D eigenvalue weighted by molar-refractivity contribution is 0.519. The summed E-state index contributed by atoms with van der Waals surface area (Å²) in [4.78, 5) is 4.32. The first kappa shape index (κ1) is 17.8. The summed E-state index contributed by atoms with van der Waals surface area (Å²) in [5.74, 6) is 0.903. The van der Waals surface area contributed by atoms with Gasteiger partial charge in [0.1, 0.15) is 0 Å². The van der Waals surface area contributed by atoms with Crippen LogP contribution in [0.2, 0.25) is 0 Å². The fraction of sp³-hybridized carbons (Fsp3) is 0.235. The standard InChI is InChI=1S/C17H17BrN2O4S/c1-11(2)10-19-16-17(20-15(24-16)14-4-3-9-23-14)25(21,22)13-7-5-12(18)6-8-13/h3-9,11,19H,10H2,1-2H3. The van der Waals surface area contributed by atoms with Crippen molar-refractivity contribution in [3.8, 4) is 11.7 Å². The van der Waals surface area contributed by atoms with Crippen molar-refractivity contribution in [2.24, 2.45) is 5.92 Å². The van der Waals surface area contributed by atoms with E-state index in [-0.39, 0.29) is 21.7 Å². The number of hydrogen-bond acceptors (Lipinski definition) is 6. The minimum absolute atomic E-state index is 0.114. The molecule has 2 heterocycles. The zero-order valence-electron chi connectivity index (χ0n) is 13.7. The number of oxazole rings is 1. The summed E-state index contributed by atoms with van der Waals surface area (Å²) in [5.41, 5.74) is 0. The SMILES string of the molecule is CC(C)CNc1oc(-c2ccco2)nc1S(=O)(=O)c1ccc(Br)cc1. The van der Waals surface area contributed by atoms with Gasteiger partial charge < -0.3 is 14.2 Å². The second-order valence-corrected chi connectivity index (χ2v) is 8.64. The number of furan rings is 1. The molecule has 0 radical (unpaired) electrons. The summed E-state index contributed by atoms with van der Waals surface area (Å²) in [6.07, 6.45) is 1.48. The van der Waals surface area contributed by atoms with Gasteiger partial charge in [0.15, 0.2) is 5.76 Å². The number of nitrogens with zero attached hydrogens (tertiary/aromatic N) is 1. The minimum Gasteiger partial charge on any atom is -0.459 e. The maximum atomic E-state index is 13.0. The van der Waals surface area contributed by atoms with Crippen LogP contribution in [0.3, 0.4) is 0 Å². The Morgan fingerprint density at radius 3 is 2.52 bits per heavy atom. The predicted molar refractivity (Wildman–Crippen MR) is 97.1 cm³/mol. The molecule has 1 N–H and O–H groups in total. The molecule has 0 unspecified atom stereocenters. The molecule has 132 valence electrons. The molecule has 0 saturated carbocycles. The van der Waals surface area contributed by atoms with E-state index in [1.165, 1.54) is 18.4 Å². The molecular weight excluding hydrogens is 408 g/mol. The van der Waals surface area contributed by atoms with Gasteiger partial charge in [0.05, 0.1) is 11.2 Å². The van der Waals surface area contributed by atoms with E-state index in [1.54, 1.807) is 24.3 Å². The van der Waals surface area contributed by atoms with Crippen molar-refractivity contribution in [1.82, 2.24) is 4.98 Å². The van der Waals surface area contributed by atoms with Gasteiger partial charge in [0.25, 0.3) is 5.89 Å². The Kier molecular flexibility index (Phi) is 5.01. The molecule has 0 aliphatic rings. The van der Waals surface area contributed by atoms with Crippen LogP contribution in [-0.4, -0.2) is 19.9 Å². The van der Waals surface area contributed by atoms with E-state index in [0.29, 0.717) is 18.2 Å². The van der Waals surface area contributed by atoms with Gasteiger partial charge in [-0.05, 0) is 42.3 Å². The number of nitrogens with one attached hydrogen (secondary N) is 1. The monoisotopic (exact) mass is 424 g/mol. The lowest BCUT2D eigenvalue weighted by atomic mass is 10.2. The average molecular weight is 425 g/mol. The highest BCUT2D eigenvalue weighted by Gasteiger charge is 2.29. The van der Waals surface area contributed by atoms with Crippen LogP contribution >= 0.6 is 15.9 Å². The molecule has 0 fully saturated rings. The zero-order valence-corrected chi connectivity index (χ0v) is 16.1. The maximum absolute atomic E-state index is 13.0. The second kappa shape index (κ2) is 7.05. The van der Waals surface area contributed by atoms with Crippen molar-refractivity contribution < 1.29 is 17.3 Å². The lowest BCUT2D eigenvalue weighted by Gasteiger charge is -2.08. The molecule has 0 aliphatic heterocycles. The third-order valence-corrected chi connectivity index (χ3v) is 5.58. The highest BCUT2D eigenvalue weighted by molar-refractivity contribution is 9.10. The van der Waals surface area contributed by atoms with Gasteiger partial charge in [-0.1, -0.05) is 29.8 Å². The summed E-state index contributed by atoms with van der Waals surface area (Å²) in [7, 11) is -3.83. The van der Waals surface area contributed by atoms with Crippen LogP contribution < -0.4 is 5.32 Å². The maximum Gasteiger partial charge on any atom is 0.266 e. The van der Waals surface area contributed by atoms with Crippen LogP contribution in [-0.2, 0) is 9.84 Å². The second-order valence-electron chi connectivity index (χ2n) is 5.86. The van der Waals surface area contributed by atoms with Gasteiger partial charge in [-0.25, -0.2) is 8.42 Å². The van der Waals surface area contributed by atoms with Crippen LogP contribution in [0, 0.1) is 5.92 Å². The Morgan fingerprint density at radius 2 is 1.92 bits per heavy atom. The lowest BCUT2D eigenvalue weighted by Crippen LogP contribution is -2.11. The zero-order chi connectivity index (χ0) is 18.0. The van der Waals surface area contributed by atoms with Gasteiger partial charge in [0.2, 0.25) is 20.7 Å². The quantitative estimate of drug-likeness (QED) is 0.622. The number of aromatic nitrogens is 1. The largest absolute Gasteiger partial charge is 0.459 e. The van der Waals surface area contributed by atoms with E-state index in [2.05, 4.69) is 26.2 Å². The molecule has 8 heteroatoms. The Morgan fingerprint density at radius 1 is 1.20 bits per heavy atom. The van der Waals surface area contributed by atoms with E-state index in [1.807, 2.05) is 13.8 Å². The summed E-state index contributed by atoms with van der Waals surface area (Å²) < 4.78 is 37.7. The molecule has 0 amide bonds. The van der Waals surface area contributed by atoms with E-state index in [4.69, 9.17) is 8.83 Å². The Balaban J connectivity index is 2.07. The van der Waals surface area contributed by atoms with Crippen molar-refractivity contribution in [2.45, 2.75) is 23.8 Å². The number of benzene rings is 1. The number of anilines is 1. The first-order chi connectivity index (χ1) is 11.9. The third kappa shape index (κ3) is 3.80. The summed E-state index contributed by atoms with van der Waals surface area (Å²) in [6.45, 7) is 4.58. The van der Waals surface area contributed by atoms with Crippen molar-refractivity contribution in [1.29, 1.82) is 0 Å². The average Bonchev–Trinajstić information content (AvgIpc) is 3.23. The van der Waals surface area contributed by atoms with Crippen LogP contribution in [0.4, 0.5) is 5.88 Å². The Bertz CT molecular complexity index is 945. The van der Waals surface area contributed by atoms with Gasteiger partial charge in [0, 0.05) is 11.0 Å². The first-order valence-electron chi connectivity index (χ1n) is 7.67. The van der Waals surface area contributed by atoms with Crippen molar-refractivity contribution in [2.75, 3.05) is 11.9 Å². The smallest absolute Gasteiger partial charge is 0.266 e. The molecule has 3 rings (SSSR count). The molecule has 25 heavy (non-hydrogen) atoms. The van der Waals surface area contributed by atoms with E-state index < -0.39 is 9.84 Å². The van der Waals surface area contributed by atoms with E-state index >= 15 is 0 Å². The molecule has 0 saturated heterocycles. The van der Waals surface area contributed by atoms with Gasteiger partial charge in [-0.2, -0.15) is 4.98 Å². The topological polar surface area (TPSA) is 85.3 Å². The Hall–Kier alpha value is -2.06. The molecule has 0 bridgehead atoms. The Labute approximate surface area is 154 Å². The fourth-order valence-electron chi connectivity index (χ4n) is 2.13. The molecule has 6 nitrogen and oxygen atoms in total. The minimum atomic E-state index is -3.83. The molecule has 0 aliphatic carbocycles. The van der Waals surface area contributed by atoms with Crippen LogP contribution in [0.1, 0.15) is 13.8 Å². The van der Waals surface area contributed by atoms with Crippen molar-refractivity contribution in [3.05, 3.63) is 47.1 Å². The fourth-order valence-corrected chi connectivity index (χ4v) is 3.67.